The number of fused-ring (bicyclic) bond motifs is 8. The summed E-state index contributed by atoms with van der Waals surface area (Å²) in [4.78, 5) is 18.8. The average molecular weight is 843 g/mol. The molecule has 8 heteroatoms. The van der Waals surface area contributed by atoms with E-state index in [4.69, 9.17) is 32.9 Å². The number of rotatable bonds is 4. The van der Waals surface area contributed by atoms with E-state index < -0.39 is 0 Å². The largest absolute Gasteiger partial charge is 0.398 e. The highest BCUT2D eigenvalue weighted by atomic mass is 14.8. The number of aromatic amines is 2. The molecule has 0 amide bonds. The second kappa shape index (κ2) is 15.2. The molecule has 64 heavy (non-hydrogen) atoms. The third-order valence-electron chi connectivity index (χ3n) is 14.7. The van der Waals surface area contributed by atoms with Gasteiger partial charge in [0.05, 0.1) is 22.8 Å². The van der Waals surface area contributed by atoms with Gasteiger partial charge in [-0.3, -0.25) is 0 Å². The average Bonchev–Trinajstić information content (AvgIpc) is 4.13. The third kappa shape index (κ3) is 6.42. The second-order valence-electron chi connectivity index (χ2n) is 18.1. The Morgan fingerprint density at radius 2 is 0.516 bits per heavy atom. The molecule has 2 aliphatic rings. The fraction of sp³-hybridized carbons (Fsp3) is 0.214. The molecular weight excluding hydrogens is 785 g/mol. The van der Waals surface area contributed by atoms with Crippen LogP contribution < -0.4 is 22.9 Å². The highest BCUT2D eigenvalue weighted by Crippen LogP contribution is 2.45. The van der Waals surface area contributed by atoms with Crippen LogP contribution in [-0.2, 0) is 0 Å². The lowest BCUT2D eigenvalue weighted by Gasteiger charge is -2.16. The van der Waals surface area contributed by atoms with Crippen LogP contribution in [-0.4, -0.2) is 19.9 Å². The topological polar surface area (TPSA) is 161 Å². The van der Waals surface area contributed by atoms with Gasteiger partial charge in [0.2, 0.25) is 0 Å². The number of H-pyrrole nitrogens is 2. The molecule has 4 aromatic carbocycles. The lowest BCUT2D eigenvalue weighted by Crippen LogP contribution is -2.01. The van der Waals surface area contributed by atoms with Crippen LogP contribution >= 0.6 is 0 Å². The third-order valence-corrected chi connectivity index (χ3v) is 14.7. The summed E-state index contributed by atoms with van der Waals surface area (Å²) in [7, 11) is 0. The van der Waals surface area contributed by atoms with Gasteiger partial charge in [0, 0.05) is 89.3 Å². The van der Waals surface area contributed by atoms with Crippen LogP contribution in [0, 0.1) is 83.1 Å². The van der Waals surface area contributed by atoms with Gasteiger partial charge in [0.25, 0.3) is 0 Å². The first-order valence-corrected chi connectivity index (χ1v) is 22.0. The van der Waals surface area contributed by atoms with E-state index >= 15 is 0 Å². The van der Waals surface area contributed by atoms with E-state index in [1.807, 2.05) is 0 Å². The summed E-state index contributed by atoms with van der Waals surface area (Å²) in [5.41, 5.74) is 58.5. The van der Waals surface area contributed by atoms with Crippen LogP contribution in [0.2, 0.25) is 0 Å². The summed E-state index contributed by atoms with van der Waals surface area (Å²) < 4.78 is 0. The van der Waals surface area contributed by atoms with Crippen molar-refractivity contribution in [2.24, 2.45) is 0 Å². The zero-order chi connectivity index (χ0) is 45.8. The number of nitrogens with two attached hydrogens (primary N) is 4. The molecule has 5 heterocycles. The van der Waals surface area contributed by atoms with E-state index in [1.54, 1.807) is 0 Å². The molecule has 0 saturated heterocycles. The van der Waals surface area contributed by atoms with Gasteiger partial charge in [0.1, 0.15) is 0 Å². The summed E-state index contributed by atoms with van der Waals surface area (Å²) >= 11 is 0. The molecule has 0 spiro atoms. The Labute approximate surface area is 376 Å². The van der Waals surface area contributed by atoms with Crippen LogP contribution in [0.25, 0.3) is 90.9 Å². The molecule has 9 rings (SSSR count). The molecule has 8 nitrogen and oxygen atoms in total. The minimum Gasteiger partial charge on any atom is -0.398 e. The van der Waals surface area contributed by atoms with E-state index in [1.165, 1.54) is 22.3 Å². The van der Waals surface area contributed by atoms with Crippen molar-refractivity contribution in [1.82, 2.24) is 19.9 Å². The second-order valence-corrected chi connectivity index (χ2v) is 18.1. The Balaban J connectivity index is 1.55. The van der Waals surface area contributed by atoms with Crippen molar-refractivity contribution < 1.29 is 0 Å². The first-order valence-electron chi connectivity index (χ1n) is 22.0. The van der Waals surface area contributed by atoms with Crippen molar-refractivity contribution in [3.8, 4) is 44.5 Å². The van der Waals surface area contributed by atoms with Gasteiger partial charge in [-0.2, -0.15) is 0 Å². The monoisotopic (exact) mass is 842 g/mol. The fourth-order valence-electron chi connectivity index (χ4n) is 9.58. The molecule has 0 aliphatic carbocycles. The van der Waals surface area contributed by atoms with E-state index in [0.717, 1.165) is 134 Å². The number of hydrogen-bond donors (Lipinski definition) is 6. The van der Waals surface area contributed by atoms with Gasteiger partial charge in [-0.25, -0.2) is 9.97 Å². The van der Waals surface area contributed by atoms with Crippen molar-refractivity contribution >= 4 is 69.1 Å². The number of benzene rings is 4. The van der Waals surface area contributed by atoms with Crippen molar-refractivity contribution in [3.63, 3.8) is 0 Å². The van der Waals surface area contributed by atoms with Crippen LogP contribution in [0.15, 0.2) is 48.5 Å². The Morgan fingerprint density at radius 1 is 0.312 bits per heavy atom. The Morgan fingerprint density at radius 3 is 0.719 bits per heavy atom. The zero-order valence-electron chi connectivity index (χ0n) is 39.1. The van der Waals surface area contributed by atoms with Crippen molar-refractivity contribution in [2.45, 2.75) is 83.1 Å². The van der Waals surface area contributed by atoms with Crippen LogP contribution in [0.5, 0.6) is 0 Å². The smallest absolute Gasteiger partial charge is 0.0738 e. The van der Waals surface area contributed by atoms with Crippen LogP contribution in [0.4, 0.5) is 22.7 Å². The Bertz CT molecular complexity index is 3000. The summed E-state index contributed by atoms with van der Waals surface area (Å²) in [5, 5.41) is 0. The number of aryl methyl sites for hydroxylation is 4. The van der Waals surface area contributed by atoms with E-state index in [-0.39, 0.29) is 0 Å². The number of nitrogens with one attached hydrogen (secondary N) is 2. The van der Waals surface area contributed by atoms with E-state index in [0.29, 0.717) is 22.7 Å². The SMILES string of the molecule is Cc1cc(-c2c3nc(c(-c4cc(C)c(C)c(C)c4N)c4ccc([nH]4)c(-c4cc(C)c(C)c(C)c4N)c4nc(c(-c5cc(C)c(C)c(C)c5N)c5ccc2[nH]5)C=C4)C=C3)c(N)c(C)c1C. The van der Waals surface area contributed by atoms with Gasteiger partial charge in [-0.1, -0.05) is 0 Å². The van der Waals surface area contributed by atoms with Gasteiger partial charge in [0.15, 0.2) is 0 Å². The zero-order valence-corrected chi connectivity index (χ0v) is 39.1. The molecule has 322 valence electrons. The summed E-state index contributed by atoms with van der Waals surface area (Å²) in [6.07, 6.45) is 8.38. The van der Waals surface area contributed by atoms with E-state index in [9.17, 15) is 0 Å². The predicted molar refractivity (Wildman–Crippen MR) is 275 cm³/mol. The number of anilines is 4. The van der Waals surface area contributed by atoms with E-state index in [2.05, 4.69) is 166 Å². The quantitative estimate of drug-likeness (QED) is 0.0967. The van der Waals surface area contributed by atoms with Crippen molar-refractivity contribution in [2.75, 3.05) is 22.9 Å². The standard InChI is InChI=1S/C56H58N8/c1-25-21-37(53(57)33(9)29(25)5)49-41-13-15-43(61-41)50(38-22-26(2)30(6)34(10)54(38)58)45-17-19-47(63-45)52(40-24-28(4)32(8)36(12)56(40)60)48-20-18-46(64-48)51(44-16-14-42(49)62-44)39-23-27(3)31(7)35(11)55(39)59/h13-24,61,64H,57-60H2,1-12H3. The Hall–Kier alpha value is -7.32. The molecular formula is C56H58N8. The van der Waals surface area contributed by atoms with Gasteiger partial charge < -0.3 is 32.9 Å². The molecule has 0 radical (unpaired) electrons. The molecule has 8 bridgehead atoms. The highest BCUT2D eigenvalue weighted by Gasteiger charge is 2.24. The molecule has 7 aromatic rings. The maximum absolute atomic E-state index is 7.12. The molecule has 0 saturated carbocycles. The molecule has 3 aromatic heterocycles. The normalized spacial score (nSPS) is 12.2. The summed E-state index contributed by atoms with van der Waals surface area (Å²) in [6.45, 7) is 25.4. The lowest BCUT2D eigenvalue weighted by molar-refractivity contribution is 1.26. The van der Waals surface area contributed by atoms with Crippen LogP contribution in [0.3, 0.4) is 0 Å². The molecule has 0 fully saturated rings. The van der Waals surface area contributed by atoms with Crippen molar-refractivity contribution in [3.05, 3.63) is 138 Å². The number of hydrogen-bond acceptors (Lipinski definition) is 6. The minimum atomic E-state index is 0.713. The number of nitrogens with zero attached hydrogens (tertiary/aromatic N) is 2. The summed E-state index contributed by atoms with van der Waals surface area (Å²) in [6, 6.07) is 17.2. The Kier molecular flexibility index (Phi) is 9.97. The van der Waals surface area contributed by atoms with Gasteiger partial charge in [-0.05, 0) is 223 Å². The fourth-order valence-corrected chi connectivity index (χ4v) is 9.58. The first-order chi connectivity index (χ1) is 30.4. The lowest BCUT2D eigenvalue weighted by atomic mass is 9.93. The predicted octanol–water partition coefficient (Wildman–Crippen LogP) is 13.4. The summed E-state index contributed by atoms with van der Waals surface area (Å²) in [5.74, 6) is 0. The molecule has 0 unspecified atom stereocenters. The molecule has 0 atom stereocenters. The van der Waals surface area contributed by atoms with Gasteiger partial charge in [-0.15, -0.1) is 0 Å². The maximum Gasteiger partial charge on any atom is 0.0738 e. The van der Waals surface area contributed by atoms with Gasteiger partial charge >= 0.3 is 0 Å². The molecule has 2 aliphatic heterocycles. The highest BCUT2D eigenvalue weighted by molar-refractivity contribution is 6.04. The maximum atomic E-state index is 7.12. The number of aromatic nitrogens is 4. The minimum absolute atomic E-state index is 0.713. The van der Waals surface area contributed by atoms with Crippen molar-refractivity contribution in [1.29, 1.82) is 0 Å². The molecule has 10 N–H and O–H groups in total. The van der Waals surface area contributed by atoms with Crippen LogP contribution in [0.1, 0.15) is 89.5 Å². The number of nitrogen functional groups attached to an aromatic ring is 4. The first kappa shape index (κ1) is 42.0.